The number of aromatic nitrogens is 4. The van der Waals surface area contributed by atoms with Gasteiger partial charge in [0.2, 0.25) is 5.90 Å². The molecule has 0 saturated heterocycles. The molecule has 0 spiro atoms. The maximum absolute atomic E-state index is 12.2. The summed E-state index contributed by atoms with van der Waals surface area (Å²) < 4.78 is 8.07. The van der Waals surface area contributed by atoms with Gasteiger partial charge in [-0.3, -0.25) is 0 Å². The second-order valence-electron chi connectivity index (χ2n) is 7.04. The molecule has 0 saturated carbocycles. The lowest BCUT2D eigenvalue weighted by atomic mass is 10.1. The van der Waals surface area contributed by atoms with Gasteiger partial charge in [-0.15, -0.1) is 0 Å². The number of unbranched alkanes of at least 4 members (excludes halogenated alkanes) is 1. The first kappa shape index (κ1) is 21.3. The Hall–Kier alpha value is -3.42. The predicted molar refractivity (Wildman–Crippen MR) is 115 cm³/mol. The quantitative estimate of drug-likeness (QED) is 0.235. The van der Waals surface area contributed by atoms with E-state index in [4.69, 9.17) is 9.57 Å². The van der Waals surface area contributed by atoms with Crippen LogP contribution in [0.5, 0.6) is 0 Å². The fraction of sp³-hybridized carbons (Fsp3) is 0.364. The van der Waals surface area contributed by atoms with Gasteiger partial charge >= 0.3 is 5.69 Å². The molecule has 1 aromatic heterocycles. The van der Waals surface area contributed by atoms with Crippen LogP contribution < -0.4 is 5.69 Å². The van der Waals surface area contributed by atoms with E-state index in [0.29, 0.717) is 18.2 Å². The van der Waals surface area contributed by atoms with Crippen molar-refractivity contribution in [2.24, 2.45) is 12.2 Å². The third-order valence-corrected chi connectivity index (χ3v) is 4.75. The van der Waals surface area contributed by atoms with E-state index in [0.717, 1.165) is 30.4 Å². The zero-order valence-corrected chi connectivity index (χ0v) is 17.6. The van der Waals surface area contributed by atoms with Crippen LogP contribution in [0.1, 0.15) is 36.5 Å². The van der Waals surface area contributed by atoms with Crippen molar-refractivity contribution >= 4 is 5.90 Å². The maximum atomic E-state index is 12.2. The Balaban J connectivity index is 1.50. The molecule has 0 bridgehead atoms. The van der Waals surface area contributed by atoms with Crippen LogP contribution in [0.3, 0.4) is 0 Å². The minimum absolute atomic E-state index is 0.194. The van der Waals surface area contributed by atoms with E-state index in [1.54, 1.807) is 14.0 Å². The van der Waals surface area contributed by atoms with Crippen LogP contribution in [0.2, 0.25) is 0 Å². The molecule has 158 valence electrons. The second-order valence-corrected chi connectivity index (χ2v) is 7.04. The molecule has 0 aliphatic rings. The third-order valence-electron chi connectivity index (χ3n) is 4.75. The molecular formula is C22H27N5O3. The summed E-state index contributed by atoms with van der Waals surface area (Å²) in [5.41, 5.74) is 3.44. The Morgan fingerprint density at radius 2 is 1.87 bits per heavy atom. The molecule has 3 aromatic rings. The van der Waals surface area contributed by atoms with Gasteiger partial charge in [-0.05, 0) is 53.8 Å². The average molecular weight is 409 g/mol. The lowest BCUT2D eigenvalue weighted by Gasteiger charge is -2.11. The van der Waals surface area contributed by atoms with E-state index < -0.39 is 0 Å². The summed E-state index contributed by atoms with van der Waals surface area (Å²) in [5, 5.41) is 11.7. The second kappa shape index (κ2) is 10.4. The zero-order chi connectivity index (χ0) is 21.3. The Morgan fingerprint density at radius 1 is 1.07 bits per heavy atom. The summed E-state index contributed by atoms with van der Waals surface area (Å²) in [6, 6.07) is 16.0. The van der Waals surface area contributed by atoms with Crippen LogP contribution in [0.15, 0.2) is 58.5 Å². The molecule has 8 heteroatoms. The van der Waals surface area contributed by atoms with Crippen molar-refractivity contribution in [3.63, 3.8) is 0 Å². The van der Waals surface area contributed by atoms with Crippen molar-refractivity contribution in [2.75, 3.05) is 6.61 Å². The van der Waals surface area contributed by atoms with Crippen molar-refractivity contribution in [2.45, 2.75) is 39.7 Å². The molecule has 0 atom stereocenters. The van der Waals surface area contributed by atoms with Crippen molar-refractivity contribution in [3.05, 3.63) is 75.7 Å². The minimum atomic E-state index is -0.319. The van der Waals surface area contributed by atoms with Gasteiger partial charge in [-0.25, -0.2) is 4.79 Å². The number of rotatable bonds is 9. The normalized spacial score (nSPS) is 11.5. The topological polar surface area (TPSA) is 83.5 Å². The first-order valence-corrected chi connectivity index (χ1v) is 9.97. The van der Waals surface area contributed by atoms with E-state index in [-0.39, 0.29) is 12.3 Å². The zero-order valence-electron chi connectivity index (χ0n) is 17.6. The highest BCUT2D eigenvalue weighted by Crippen LogP contribution is 2.18. The predicted octanol–water partition coefficient (Wildman–Crippen LogP) is 3.16. The van der Waals surface area contributed by atoms with Crippen LogP contribution in [0.25, 0.3) is 5.69 Å². The van der Waals surface area contributed by atoms with E-state index in [1.807, 2.05) is 31.2 Å². The van der Waals surface area contributed by atoms with Crippen molar-refractivity contribution in [1.82, 2.24) is 19.8 Å². The highest BCUT2D eigenvalue weighted by molar-refractivity contribution is 5.72. The molecule has 0 radical (unpaired) electrons. The summed E-state index contributed by atoms with van der Waals surface area (Å²) in [7, 11) is 1.56. The lowest BCUT2D eigenvalue weighted by Crippen LogP contribution is -2.23. The Kier molecular flexibility index (Phi) is 7.37. The number of oxime groups is 1. The summed E-state index contributed by atoms with van der Waals surface area (Å²) >= 11 is 0. The fourth-order valence-electron chi connectivity index (χ4n) is 3.05. The highest BCUT2D eigenvalue weighted by atomic mass is 16.6. The molecule has 1 heterocycles. The largest absolute Gasteiger partial charge is 0.479 e. The first-order valence-electron chi connectivity index (χ1n) is 9.97. The van der Waals surface area contributed by atoms with Gasteiger partial charge in [-0.1, -0.05) is 47.6 Å². The van der Waals surface area contributed by atoms with Crippen molar-refractivity contribution < 1.29 is 9.57 Å². The molecule has 30 heavy (non-hydrogen) atoms. The molecular weight excluding hydrogens is 382 g/mol. The van der Waals surface area contributed by atoms with Crippen LogP contribution >= 0.6 is 0 Å². The van der Waals surface area contributed by atoms with E-state index in [1.165, 1.54) is 14.9 Å². The number of hydrogen-bond acceptors (Lipinski definition) is 6. The lowest BCUT2D eigenvalue weighted by molar-refractivity contribution is 0.118. The average Bonchev–Trinajstić information content (AvgIpc) is 3.08. The van der Waals surface area contributed by atoms with Crippen LogP contribution in [-0.4, -0.2) is 32.3 Å². The van der Waals surface area contributed by atoms with E-state index in [2.05, 4.69) is 39.8 Å². The number of ether oxygens (including phenoxy) is 1. The minimum Gasteiger partial charge on any atom is -0.479 e. The monoisotopic (exact) mass is 409 g/mol. The van der Waals surface area contributed by atoms with Crippen molar-refractivity contribution in [3.8, 4) is 5.69 Å². The summed E-state index contributed by atoms with van der Waals surface area (Å²) in [6.07, 6.45) is 3.03. The Morgan fingerprint density at radius 3 is 2.60 bits per heavy atom. The number of hydrogen-bond donors (Lipinski definition) is 0. The van der Waals surface area contributed by atoms with Gasteiger partial charge in [-0.2, -0.15) is 9.36 Å². The summed E-state index contributed by atoms with van der Waals surface area (Å²) in [5.74, 6) is 0.474. The molecule has 0 unspecified atom stereocenters. The van der Waals surface area contributed by atoms with Gasteiger partial charge in [0.1, 0.15) is 6.61 Å². The number of aryl methyl sites for hydroxylation is 3. The number of benzene rings is 2. The molecule has 0 N–H and O–H groups in total. The molecule has 3 rings (SSSR count). The SMILES string of the molecule is CC(=NOCc1c(C)cccc1-n1nnn(C)c1=O)OCCCCc1ccccc1. The first-order chi connectivity index (χ1) is 14.6. The Bertz CT molecular complexity index is 1040. The molecule has 0 amide bonds. The fourth-order valence-corrected chi connectivity index (χ4v) is 3.05. The molecule has 0 aliphatic carbocycles. The third kappa shape index (κ3) is 5.56. The van der Waals surface area contributed by atoms with E-state index in [9.17, 15) is 4.79 Å². The van der Waals surface area contributed by atoms with Crippen LogP contribution in [0, 0.1) is 6.92 Å². The number of tetrazole rings is 1. The highest BCUT2D eigenvalue weighted by Gasteiger charge is 2.13. The van der Waals surface area contributed by atoms with Crippen molar-refractivity contribution in [1.29, 1.82) is 0 Å². The molecule has 0 fully saturated rings. The van der Waals surface area contributed by atoms with Gasteiger partial charge in [0.15, 0.2) is 0 Å². The molecule has 8 nitrogen and oxygen atoms in total. The standard InChI is InChI=1S/C22H27N5O3/c1-17-10-9-14-21(27-22(28)26(3)24-25-27)20(17)16-30-23-18(2)29-15-8-7-13-19-11-5-4-6-12-19/h4-6,9-12,14H,7-8,13,15-16H2,1-3H3. The smallest absolute Gasteiger partial charge is 0.368 e. The van der Waals surface area contributed by atoms with E-state index >= 15 is 0 Å². The maximum Gasteiger partial charge on any atom is 0.368 e. The Labute approximate surface area is 175 Å². The molecule has 0 aliphatic heterocycles. The van der Waals surface area contributed by atoms with Crippen LogP contribution in [-0.2, 0) is 29.6 Å². The van der Waals surface area contributed by atoms with Gasteiger partial charge < -0.3 is 9.57 Å². The molecule has 2 aromatic carbocycles. The summed E-state index contributed by atoms with van der Waals surface area (Å²) in [6.45, 7) is 4.50. The number of nitrogens with zero attached hydrogens (tertiary/aromatic N) is 5. The van der Waals surface area contributed by atoms with Crippen LogP contribution in [0.4, 0.5) is 0 Å². The van der Waals surface area contributed by atoms with Gasteiger partial charge in [0.05, 0.1) is 12.3 Å². The van der Waals surface area contributed by atoms with Gasteiger partial charge in [0, 0.05) is 19.5 Å². The van der Waals surface area contributed by atoms with Gasteiger partial charge in [0.25, 0.3) is 0 Å². The summed E-state index contributed by atoms with van der Waals surface area (Å²) in [4.78, 5) is 17.7.